The molecule has 0 saturated heterocycles. The zero-order chi connectivity index (χ0) is 13.7. The van der Waals surface area contributed by atoms with Crippen LogP contribution in [-0.2, 0) is 0 Å². The van der Waals surface area contributed by atoms with E-state index in [1.54, 1.807) is 31.3 Å². The van der Waals surface area contributed by atoms with Crippen LogP contribution in [0.2, 0.25) is 0 Å². The first kappa shape index (κ1) is 12.8. The fraction of sp³-hybridized carbons (Fsp3) is 0.0714. The Labute approximate surface area is 110 Å². The van der Waals surface area contributed by atoms with Crippen LogP contribution in [0.25, 0.3) is 0 Å². The minimum absolute atomic E-state index is 0.181. The van der Waals surface area contributed by atoms with Gasteiger partial charge in [-0.1, -0.05) is 18.2 Å². The summed E-state index contributed by atoms with van der Waals surface area (Å²) in [5.41, 5.74) is 4.81. The summed E-state index contributed by atoms with van der Waals surface area (Å²) >= 11 is 0. The minimum Gasteiger partial charge on any atom is -0.478 e. The number of aromatic nitrogens is 1. The fourth-order valence-corrected chi connectivity index (χ4v) is 1.55. The van der Waals surface area contributed by atoms with Crippen molar-refractivity contribution < 1.29 is 9.90 Å². The zero-order valence-corrected chi connectivity index (χ0v) is 10.4. The highest BCUT2D eigenvalue weighted by Crippen LogP contribution is 2.14. The number of carbonyl (C=O) groups is 1. The Morgan fingerprint density at radius 1 is 1.21 bits per heavy atom. The van der Waals surface area contributed by atoms with Crippen LogP contribution in [0.5, 0.6) is 0 Å². The van der Waals surface area contributed by atoms with E-state index in [0.29, 0.717) is 11.4 Å². The lowest BCUT2D eigenvalue weighted by Gasteiger charge is -2.06. The first-order valence-electron chi connectivity index (χ1n) is 5.72. The highest BCUT2D eigenvalue weighted by Gasteiger charge is 2.08. The van der Waals surface area contributed by atoms with Gasteiger partial charge in [0, 0.05) is 6.20 Å². The molecule has 2 rings (SSSR count). The zero-order valence-electron chi connectivity index (χ0n) is 10.4. The molecule has 0 aliphatic rings. The van der Waals surface area contributed by atoms with E-state index in [4.69, 9.17) is 5.11 Å². The molecule has 0 spiro atoms. The number of hydrazone groups is 1. The molecule has 1 heterocycles. The molecule has 0 radical (unpaired) electrons. The highest BCUT2D eigenvalue weighted by molar-refractivity contribution is 5.98. The number of benzene rings is 1. The van der Waals surface area contributed by atoms with E-state index < -0.39 is 5.97 Å². The molecule has 0 aliphatic heterocycles. The predicted octanol–water partition coefficient (Wildman–Crippen LogP) is 2.62. The van der Waals surface area contributed by atoms with E-state index in [1.165, 1.54) is 6.07 Å². The van der Waals surface area contributed by atoms with Crippen molar-refractivity contribution in [2.75, 3.05) is 5.43 Å². The molecule has 19 heavy (non-hydrogen) atoms. The predicted molar refractivity (Wildman–Crippen MR) is 73.5 cm³/mol. The molecule has 1 aromatic heterocycles. The Kier molecular flexibility index (Phi) is 3.87. The average Bonchev–Trinajstić information content (AvgIpc) is 2.46. The van der Waals surface area contributed by atoms with Crippen molar-refractivity contribution >= 4 is 17.4 Å². The summed E-state index contributed by atoms with van der Waals surface area (Å²) in [7, 11) is 0. The quantitative estimate of drug-likeness (QED) is 0.650. The first-order valence-corrected chi connectivity index (χ1v) is 5.72. The SMILES string of the molecule is C/C(=N\Nc1ccccc1C(=O)O)c1ccccn1. The Morgan fingerprint density at radius 3 is 2.63 bits per heavy atom. The van der Waals surface area contributed by atoms with Gasteiger partial charge >= 0.3 is 5.97 Å². The molecule has 0 unspecified atom stereocenters. The smallest absolute Gasteiger partial charge is 0.337 e. The van der Waals surface area contributed by atoms with Gasteiger partial charge in [-0.25, -0.2) is 4.79 Å². The van der Waals surface area contributed by atoms with E-state index in [1.807, 2.05) is 18.2 Å². The van der Waals surface area contributed by atoms with Crippen LogP contribution in [0.4, 0.5) is 5.69 Å². The van der Waals surface area contributed by atoms with E-state index in [-0.39, 0.29) is 5.56 Å². The first-order chi connectivity index (χ1) is 9.18. The van der Waals surface area contributed by atoms with Gasteiger partial charge in [0.2, 0.25) is 0 Å². The van der Waals surface area contributed by atoms with Crippen molar-refractivity contribution in [2.45, 2.75) is 6.92 Å². The molecule has 0 bridgehead atoms. The van der Waals surface area contributed by atoms with Gasteiger partial charge in [-0.15, -0.1) is 0 Å². The topological polar surface area (TPSA) is 74.6 Å². The molecule has 1 aromatic carbocycles. The second-order valence-corrected chi connectivity index (χ2v) is 3.87. The summed E-state index contributed by atoms with van der Waals surface area (Å²) in [5, 5.41) is 13.2. The number of pyridine rings is 1. The Hall–Kier alpha value is -2.69. The lowest BCUT2D eigenvalue weighted by Crippen LogP contribution is -2.05. The summed E-state index contributed by atoms with van der Waals surface area (Å²) < 4.78 is 0. The number of aromatic carboxylic acids is 1. The maximum atomic E-state index is 11.0. The minimum atomic E-state index is -0.992. The third kappa shape index (κ3) is 3.16. The van der Waals surface area contributed by atoms with Crippen molar-refractivity contribution in [1.29, 1.82) is 0 Å². The van der Waals surface area contributed by atoms with Crippen molar-refractivity contribution in [3.8, 4) is 0 Å². The third-order valence-corrected chi connectivity index (χ3v) is 2.54. The Morgan fingerprint density at radius 2 is 1.95 bits per heavy atom. The van der Waals surface area contributed by atoms with E-state index in [2.05, 4.69) is 15.5 Å². The number of hydrogen-bond donors (Lipinski definition) is 2. The second kappa shape index (κ2) is 5.77. The van der Waals surface area contributed by atoms with Crippen LogP contribution in [0.3, 0.4) is 0 Å². The molecule has 0 atom stereocenters. The molecule has 0 saturated carbocycles. The third-order valence-electron chi connectivity index (χ3n) is 2.54. The molecule has 2 aromatic rings. The molecule has 0 aliphatic carbocycles. The fourth-order valence-electron chi connectivity index (χ4n) is 1.55. The van der Waals surface area contributed by atoms with Gasteiger partial charge in [0.1, 0.15) is 0 Å². The number of hydrogen-bond acceptors (Lipinski definition) is 4. The number of para-hydroxylation sites is 1. The van der Waals surface area contributed by atoms with Gasteiger partial charge in [-0.3, -0.25) is 10.4 Å². The van der Waals surface area contributed by atoms with Crippen molar-refractivity contribution in [3.05, 3.63) is 59.9 Å². The maximum absolute atomic E-state index is 11.0. The summed E-state index contributed by atoms with van der Waals surface area (Å²) in [5.74, 6) is -0.992. The molecular formula is C14H13N3O2. The van der Waals surface area contributed by atoms with Gasteiger partial charge in [-0.05, 0) is 31.2 Å². The van der Waals surface area contributed by atoms with Gasteiger partial charge in [0.05, 0.1) is 22.7 Å². The Bertz CT molecular complexity index is 609. The van der Waals surface area contributed by atoms with Crippen LogP contribution in [0, 0.1) is 0 Å². The van der Waals surface area contributed by atoms with Crippen molar-refractivity contribution in [3.63, 3.8) is 0 Å². The molecule has 96 valence electrons. The number of anilines is 1. The van der Waals surface area contributed by atoms with Gasteiger partial charge in [0.25, 0.3) is 0 Å². The standard InChI is InChI=1S/C14H13N3O2/c1-10(12-7-4-5-9-15-12)16-17-13-8-3-2-6-11(13)14(18)19/h2-9,17H,1H3,(H,18,19)/b16-10+. The van der Waals surface area contributed by atoms with Gasteiger partial charge in [0.15, 0.2) is 0 Å². The van der Waals surface area contributed by atoms with Gasteiger partial charge in [-0.2, -0.15) is 5.10 Å². The summed E-state index contributed by atoms with van der Waals surface area (Å²) in [6.45, 7) is 1.80. The largest absolute Gasteiger partial charge is 0.478 e. The maximum Gasteiger partial charge on any atom is 0.337 e. The number of nitrogens with zero attached hydrogens (tertiary/aromatic N) is 2. The molecule has 0 fully saturated rings. The van der Waals surface area contributed by atoms with Crippen LogP contribution >= 0.6 is 0 Å². The van der Waals surface area contributed by atoms with Crippen LogP contribution in [0.15, 0.2) is 53.8 Å². The molecular weight excluding hydrogens is 242 g/mol. The molecule has 2 N–H and O–H groups in total. The average molecular weight is 255 g/mol. The van der Waals surface area contributed by atoms with Crippen LogP contribution in [0.1, 0.15) is 23.0 Å². The number of carboxylic acid groups (broad SMARTS) is 1. The molecule has 0 amide bonds. The van der Waals surface area contributed by atoms with E-state index in [0.717, 1.165) is 5.69 Å². The summed E-state index contributed by atoms with van der Waals surface area (Å²) in [6.07, 6.45) is 1.68. The highest BCUT2D eigenvalue weighted by atomic mass is 16.4. The van der Waals surface area contributed by atoms with Gasteiger partial charge < -0.3 is 5.11 Å². The monoisotopic (exact) mass is 255 g/mol. The van der Waals surface area contributed by atoms with Crippen LogP contribution < -0.4 is 5.43 Å². The molecule has 5 heteroatoms. The van der Waals surface area contributed by atoms with Crippen molar-refractivity contribution in [1.82, 2.24) is 4.98 Å². The summed E-state index contributed by atoms with van der Waals surface area (Å²) in [4.78, 5) is 15.2. The lowest BCUT2D eigenvalue weighted by atomic mass is 10.2. The lowest BCUT2D eigenvalue weighted by molar-refractivity contribution is 0.0698. The van der Waals surface area contributed by atoms with Crippen LogP contribution in [-0.4, -0.2) is 21.8 Å². The number of carboxylic acids is 1. The molecule has 5 nitrogen and oxygen atoms in total. The second-order valence-electron chi connectivity index (χ2n) is 3.87. The Balaban J connectivity index is 2.21. The van der Waals surface area contributed by atoms with Crippen molar-refractivity contribution in [2.24, 2.45) is 5.10 Å². The van der Waals surface area contributed by atoms with E-state index >= 15 is 0 Å². The summed E-state index contributed by atoms with van der Waals surface area (Å²) in [6, 6.07) is 12.1. The number of nitrogens with one attached hydrogen (secondary N) is 1. The number of rotatable bonds is 4. The van der Waals surface area contributed by atoms with E-state index in [9.17, 15) is 4.79 Å². The normalized spacial score (nSPS) is 11.1.